The minimum Gasteiger partial charge on any atom is -0.469 e. The first-order chi connectivity index (χ1) is 12.2. The third-order valence-corrected chi connectivity index (χ3v) is 4.35. The van der Waals surface area contributed by atoms with Gasteiger partial charge in [-0.1, -0.05) is 12.2 Å². The number of nitrogens with one attached hydrogen (secondary N) is 2. The van der Waals surface area contributed by atoms with Crippen LogP contribution in [-0.2, 0) is 6.42 Å². The number of aromatic amines is 1. The average molecular weight is 342 g/mol. The van der Waals surface area contributed by atoms with E-state index in [9.17, 15) is 0 Å². The molecule has 1 aliphatic rings. The number of hydrogen-bond acceptors (Lipinski definition) is 4. The molecule has 1 fully saturated rings. The quantitative estimate of drug-likeness (QED) is 0.478. The highest BCUT2D eigenvalue weighted by Crippen LogP contribution is 2.24. The molecule has 0 amide bonds. The molecule has 0 aromatic carbocycles. The van der Waals surface area contributed by atoms with Crippen molar-refractivity contribution in [3.05, 3.63) is 48.5 Å². The van der Waals surface area contributed by atoms with E-state index < -0.39 is 0 Å². The molecule has 7 nitrogen and oxygen atoms in total. The van der Waals surface area contributed by atoms with Crippen molar-refractivity contribution in [2.45, 2.75) is 32.1 Å². The van der Waals surface area contributed by atoms with E-state index in [1.54, 1.807) is 12.6 Å². The van der Waals surface area contributed by atoms with Crippen molar-refractivity contribution in [1.82, 2.24) is 25.4 Å². The summed E-state index contributed by atoms with van der Waals surface area (Å²) in [6.07, 6.45) is 6.22. The van der Waals surface area contributed by atoms with Gasteiger partial charge in [-0.2, -0.15) is 5.10 Å². The Kier molecular flexibility index (Phi) is 5.87. The predicted molar refractivity (Wildman–Crippen MR) is 97.5 cm³/mol. The number of furan rings is 1. The van der Waals surface area contributed by atoms with Gasteiger partial charge >= 0.3 is 0 Å². The van der Waals surface area contributed by atoms with Gasteiger partial charge in [-0.25, -0.2) is 9.98 Å². The van der Waals surface area contributed by atoms with Crippen molar-refractivity contribution in [2.24, 2.45) is 4.99 Å². The molecule has 25 heavy (non-hydrogen) atoms. The molecule has 0 unspecified atom stereocenters. The van der Waals surface area contributed by atoms with Gasteiger partial charge in [0.05, 0.1) is 12.8 Å². The molecule has 3 heterocycles. The molecule has 7 heteroatoms. The van der Waals surface area contributed by atoms with Gasteiger partial charge in [0.1, 0.15) is 17.9 Å². The number of hydrogen-bond donors (Lipinski definition) is 2. The van der Waals surface area contributed by atoms with Gasteiger partial charge in [0.2, 0.25) is 0 Å². The molecule has 0 saturated carbocycles. The molecular weight excluding hydrogens is 316 g/mol. The normalized spacial score (nSPS) is 16.2. The van der Waals surface area contributed by atoms with Crippen LogP contribution in [-0.4, -0.2) is 52.2 Å². The van der Waals surface area contributed by atoms with Crippen molar-refractivity contribution in [2.75, 3.05) is 26.2 Å². The summed E-state index contributed by atoms with van der Waals surface area (Å²) in [5.74, 6) is 3.37. The first-order valence-electron chi connectivity index (χ1n) is 8.77. The molecule has 3 rings (SSSR count). The number of H-pyrrole nitrogens is 1. The zero-order valence-corrected chi connectivity index (χ0v) is 14.7. The van der Waals surface area contributed by atoms with Gasteiger partial charge in [0.15, 0.2) is 5.96 Å². The van der Waals surface area contributed by atoms with Crippen LogP contribution in [0.5, 0.6) is 0 Å². The van der Waals surface area contributed by atoms with E-state index in [0.717, 1.165) is 62.0 Å². The van der Waals surface area contributed by atoms with E-state index in [1.165, 1.54) is 0 Å². The minimum absolute atomic E-state index is 0.448. The Morgan fingerprint density at radius 3 is 2.96 bits per heavy atom. The fourth-order valence-corrected chi connectivity index (χ4v) is 3.01. The zero-order chi connectivity index (χ0) is 17.5. The van der Waals surface area contributed by atoms with Crippen molar-refractivity contribution < 1.29 is 4.42 Å². The molecule has 2 aromatic heterocycles. The summed E-state index contributed by atoms with van der Waals surface area (Å²) in [6.45, 7) is 9.30. The number of guanidine groups is 1. The van der Waals surface area contributed by atoms with Crippen LogP contribution in [0.2, 0.25) is 0 Å². The fourth-order valence-electron chi connectivity index (χ4n) is 3.01. The second kappa shape index (κ2) is 8.50. The molecule has 0 atom stereocenters. The lowest BCUT2D eigenvalue weighted by Gasteiger charge is -2.33. The summed E-state index contributed by atoms with van der Waals surface area (Å²) in [4.78, 5) is 11.3. The number of nitrogens with zero attached hydrogens (tertiary/aromatic N) is 4. The highest BCUT2D eigenvalue weighted by molar-refractivity contribution is 5.80. The van der Waals surface area contributed by atoms with Gasteiger partial charge in [0.25, 0.3) is 0 Å². The molecule has 0 bridgehead atoms. The predicted octanol–water partition coefficient (Wildman–Crippen LogP) is 2.34. The van der Waals surface area contributed by atoms with Crippen molar-refractivity contribution >= 4 is 5.96 Å². The summed E-state index contributed by atoms with van der Waals surface area (Å²) >= 11 is 0. The molecule has 0 aliphatic carbocycles. The third kappa shape index (κ3) is 4.95. The van der Waals surface area contributed by atoms with Crippen LogP contribution in [0.15, 0.2) is 46.3 Å². The van der Waals surface area contributed by atoms with E-state index in [-0.39, 0.29) is 0 Å². The van der Waals surface area contributed by atoms with Crippen LogP contribution in [0.4, 0.5) is 0 Å². The molecule has 1 aliphatic heterocycles. The highest BCUT2D eigenvalue weighted by Gasteiger charge is 2.24. The monoisotopic (exact) mass is 342 g/mol. The van der Waals surface area contributed by atoms with E-state index in [1.807, 2.05) is 19.1 Å². The van der Waals surface area contributed by atoms with Crippen LogP contribution in [0, 0.1) is 0 Å². The lowest BCUT2D eigenvalue weighted by Crippen LogP contribution is -2.46. The Balaban J connectivity index is 1.55. The highest BCUT2D eigenvalue weighted by atomic mass is 16.3. The number of rotatable bonds is 6. The summed E-state index contributed by atoms with van der Waals surface area (Å²) in [5.41, 5.74) is 1.06. The molecular formula is C18H26N6O. The summed E-state index contributed by atoms with van der Waals surface area (Å²) in [6, 6.07) is 3.91. The van der Waals surface area contributed by atoms with Gasteiger partial charge < -0.3 is 14.6 Å². The van der Waals surface area contributed by atoms with Gasteiger partial charge in [-0.3, -0.25) is 5.10 Å². The number of piperidine rings is 1. The van der Waals surface area contributed by atoms with E-state index in [2.05, 4.69) is 32.0 Å². The maximum absolute atomic E-state index is 5.39. The maximum atomic E-state index is 5.39. The van der Waals surface area contributed by atoms with E-state index in [0.29, 0.717) is 12.5 Å². The molecule has 134 valence electrons. The van der Waals surface area contributed by atoms with Crippen molar-refractivity contribution in [3.8, 4) is 0 Å². The number of aromatic nitrogens is 3. The second-order valence-electron chi connectivity index (χ2n) is 6.49. The van der Waals surface area contributed by atoms with Crippen LogP contribution in [0.25, 0.3) is 0 Å². The Morgan fingerprint density at radius 1 is 1.48 bits per heavy atom. The summed E-state index contributed by atoms with van der Waals surface area (Å²) < 4.78 is 5.39. The summed E-state index contributed by atoms with van der Waals surface area (Å²) in [5, 5.41) is 10.4. The minimum atomic E-state index is 0.448. The van der Waals surface area contributed by atoms with Gasteiger partial charge in [-0.15, -0.1) is 0 Å². The zero-order valence-electron chi connectivity index (χ0n) is 14.7. The average Bonchev–Trinajstić information content (AvgIpc) is 3.31. The second-order valence-corrected chi connectivity index (χ2v) is 6.49. The molecule has 0 spiro atoms. The third-order valence-electron chi connectivity index (χ3n) is 4.35. The SMILES string of the molecule is C=C(C)CN=C(NCCc1ccco1)N1CCC(c2ncn[nH]2)CC1. The first-order valence-corrected chi connectivity index (χ1v) is 8.77. The smallest absolute Gasteiger partial charge is 0.194 e. The standard InChI is InChI=1S/C18H26N6O/c1-14(2)12-20-18(19-8-5-16-4-3-11-25-16)24-9-6-15(7-10-24)17-21-13-22-23-17/h3-4,11,13,15H,1,5-10,12H2,2H3,(H,19,20)(H,21,22,23). The van der Waals surface area contributed by atoms with Crippen LogP contribution < -0.4 is 5.32 Å². The largest absolute Gasteiger partial charge is 0.469 e. The van der Waals surface area contributed by atoms with Crippen molar-refractivity contribution in [3.63, 3.8) is 0 Å². The van der Waals surface area contributed by atoms with Crippen molar-refractivity contribution in [1.29, 1.82) is 0 Å². The summed E-state index contributed by atoms with van der Waals surface area (Å²) in [7, 11) is 0. The molecule has 0 radical (unpaired) electrons. The molecule has 1 saturated heterocycles. The Labute approximate surface area is 148 Å². The molecule has 2 N–H and O–H groups in total. The molecule has 2 aromatic rings. The lowest BCUT2D eigenvalue weighted by atomic mass is 9.96. The van der Waals surface area contributed by atoms with Gasteiger partial charge in [0, 0.05) is 32.0 Å². The van der Waals surface area contributed by atoms with E-state index in [4.69, 9.17) is 9.41 Å². The Morgan fingerprint density at radius 2 is 2.32 bits per heavy atom. The van der Waals surface area contributed by atoms with Gasteiger partial charge in [-0.05, 0) is 31.9 Å². The van der Waals surface area contributed by atoms with Crippen LogP contribution in [0.1, 0.15) is 37.3 Å². The van der Waals surface area contributed by atoms with E-state index >= 15 is 0 Å². The number of likely N-dealkylation sites (tertiary alicyclic amines) is 1. The topological polar surface area (TPSA) is 82.3 Å². The Bertz CT molecular complexity index is 669. The Hall–Kier alpha value is -2.57. The lowest BCUT2D eigenvalue weighted by molar-refractivity contribution is 0.298. The van der Waals surface area contributed by atoms with Crippen LogP contribution >= 0.6 is 0 Å². The van der Waals surface area contributed by atoms with Crippen LogP contribution in [0.3, 0.4) is 0 Å². The fraction of sp³-hybridized carbons (Fsp3) is 0.500. The number of aliphatic imine (C=N–C) groups is 1. The maximum Gasteiger partial charge on any atom is 0.194 e. The first kappa shape index (κ1) is 17.3.